The van der Waals surface area contributed by atoms with Crippen LogP contribution < -0.4 is 11.1 Å². The number of aromatic amines is 1. The van der Waals surface area contributed by atoms with E-state index in [4.69, 9.17) is 5.73 Å². The average molecular weight is 279 g/mol. The molecule has 106 valence electrons. The normalized spacial score (nSPS) is 13.8. The van der Waals surface area contributed by atoms with Crippen LogP contribution in [0.3, 0.4) is 0 Å². The third kappa shape index (κ3) is 2.53. The van der Waals surface area contributed by atoms with E-state index in [1.807, 2.05) is 60.8 Å². The monoisotopic (exact) mass is 279 g/mol. The molecule has 4 nitrogen and oxygen atoms in total. The number of anilines is 1. The first-order chi connectivity index (χ1) is 10.1. The molecule has 0 spiro atoms. The third-order valence-electron chi connectivity index (χ3n) is 3.66. The molecule has 0 aliphatic carbocycles. The zero-order valence-electron chi connectivity index (χ0n) is 11.8. The number of nitrogens with two attached hydrogens (primary N) is 1. The molecule has 0 fully saturated rings. The third-order valence-corrected chi connectivity index (χ3v) is 3.66. The van der Waals surface area contributed by atoms with Gasteiger partial charge < -0.3 is 16.0 Å². The van der Waals surface area contributed by atoms with Gasteiger partial charge in [0.1, 0.15) is 5.54 Å². The van der Waals surface area contributed by atoms with Crippen LogP contribution in [0.1, 0.15) is 12.5 Å². The Hall–Kier alpha value is -2.59. The number of carbonyl (C=O) groups excluding carboxylic acids is 1. The molecule has 1 atom stereocenters. The molecule has 0 aliphatic heterocycles. The SMILES string of the molecule is CC(N)(C(=O)Nc1ccc2[nH]ccc2c1)c1ccccc1. The van der Waals surface area contributed by atoms with E-state index in [0.29, 0.717) is 0 Å². The Labute approximate surface area is 123 Å². The van der Waals surface area contributed by atoms with Crippen molar-refractivity contribution in [3.63, 3.8) is 0 Å². The number of nitrogens with one attached hydrogen (secondary N) is 2. The molecular formula is C17H17N3O. The standard InChI is InChI=1S/C17H17N3O/c1-17(18,13-5-3-2-4-6-13)16(21)20-14-7-8-15-12(11-14)9-10-19-15/h2-11,19H,18H2,1H3,(H,20,21). The number of amides is 1. The maximum atomic E-state index is 12.5. The van der Waals surface area contributed by atoms with E-state index in [1.165, 1.54) is 0 Å². The van der Waals surface area contributed by atoms with Gasteiger partial charge in [-0.15, -0.1) is 0 Å². The second-order valence-corrected chi connectivity index (χ2v) is 5.30. The fourth-order valence-electron chi connectivity index (χ4n) is 2.31. The van der Waals surface area contributed by atoms with Gasteiger partial charge in [0.05, 0.1) is 0 Å². The van der Waals surface area contributed by atoms with Gasteiger partial charge in [0, 0.05) is 22.8 Å². The number of fused-ring (bicyclic) bond motifs is 1. The highest BCUT2D eigenvalue weighted by Crippen LogP contribution is 2.22. The molecule has 0 saturated carbocycles. The minimum atomic E-state index is -1.08. The summed E-state index contributed by atoms with van der Waals surface area (Å²) in [5, 5.41) is 3.93. The van der Waals surface area contributed by atoms with E-state index < -0.39 is 5.54 Å². The van der Waals surface area contributed by atoms with E-state index in [1.54, 1.807) is 6.92 Å². The van der Waals surface area contributed by atoms with E-state index in [2.05, 4.69) is 10.3 Å². The fourth-order valence-corrected chi connectivity index (χ4v) is 2.31. The van der Waals surface area contributed by atoms with Crippen LogP contribution in [-0.4, -0.2) is 10.9 Å². The Kier molecular flexibility index (Phi) is 3.23. The first-order valence-corrected chi connectivity index (χ1v) is 6.80. The number of hydrogen-bond donors (Lipinski definition) is 3. The lowest BCUT2D eigenvalue weighted by Crippen LogP contribution is -2.45. The molecule has 3 aromatic rings. The zero-order chi connectivity index (χ0) is 14.9. The Morgan fingerprint density at radius 1 is 1.14 bits per heavy atom. The molecule has 3 rings (SSSR count). The molecule has 1 amide bonds. The number of aromatic nitrogens is 1. The van der Waals surface area contributed by atoms with Gasteiger partial charge in [-0.1, -0.05) is 30.3 Å². The number of hydrogen-bond acceptors (Lipinski definition) is 2. The summed E-state index contributed by atoms with van der Waals surface area (Å²) in [4.78, 5) is 15.6. The molecule has 0 saturated heterocycles. The van der Waals surface area contributed by atoms with Crippen molar-refractivity contribution < 1.29 is 4.79 Å². The van der Waals surface area contributed by atoms with Gasteiger partial charge in [0.25, 0.3) is 0 Å². The van der Waals surface area contributed by atoms with Gasteiger partial charge >= 0.3 is 0 Å². The van der Waals surface area contributed by atoms with Crippen molar-refractivity contribution in [3.8, 4) is 0 Å². The van der Waals surface area contributed by atoms with Gasteiger partial charge in [-0.3, -0.25) is 4.79 Å². The predicted octanol–water partition coefficient (Wildman–Crippen LogP) is 2.98. The predicted molar refractivity (Wildman–Crippen MR) is 84.9 cm³/mol. The molecule has 1 unspecified atom stereocenters. The zero-order valence-corrected chi connectivity index (χ0v) is 11.8. The Morgan fingerprint density at radius 3 is 2.67 bits per heavy atom. The highest BCUT2D eigenvalue weighted by molar-refractivity contribution is 5.99. The summed E-state index contributed by atoms with van der Waals surface area (Å²) in [5.41, 5.74) is 7.68. The van der Waals surface area contributed by atoms with Crippen LogP contribution in [0.15, 0.2) is 60.8 Å². The van der Waals surface area contributed by atoms with E-state index in [-0.39, 0.29) is 5.91 Å². The summed E-state index contributed by atoms with van der Waals surface area (Å²) in [6.45, 7) is 1.71. The second kappa shape index (κ2) is 5.07. The first kappa shape index (κ1) is 13.4. The molecule has 0 aliphatic rings. The molecule has 21 heavy (non-hydrogen) atoms. The molecule has 1 aromatic heterocycles. The topological polar surface area (TPSA) is 70.9 Å². The molecule has 0 radical (unpaired) electrons. The number of H-pyrrole nitrogens is 1. The molecule has 2 aromatic carbocycles. The van der Waals surface area contributed by atoms with E-state index in [9.17, 15) is 4.79 Å². The maximum Gasteiger partial charge on any atom is 0.248 e. The fraction of sp³-hybridized carbons (Fsp3) is 0.118. The summed E-state index contributed by atoms with van der Waals surface area (Å²) < 4.78 is 0. The van der Waals surface area contributed by atoms with Gasteiger partial charge in [0.2, 0.25) is 5.91 Å². The highest BCUT2D eigenvalue weighted by Gasteiger charge is 2.30. The summed E-state index contributed by atoms with van der Waals surface area (Å²) in [7, 11) is 0. The van der Waals surface area contributed by atoms with Crippen LogP contribution in [0.25, 0.3) is 10.9 Å². The minimum Gasteiger partial charge on any atom is -0.361 e. The van der Waals surface area contributed by atoms with Crippen molar-refractivity contribution in [1.29, 1.82) is 0 Å². The minimum absolute atomic E-state index is 0.233. The van der Waals surface area contributed by atoms with Gasteiger partial charge in [-0.05, 0) is 36.8 Å². The summed E-state index contributed by atoms with van der Waals surface area (Å²) in [6.07, 6.45) is 1.87. The summed E-state index contributed by atoms with van der Waals surface area (Å²) >= 11 is 0. The maximum absolute atomic E-state index is 12.5. The van der Waals surface area contributed by atoms with Crippen LogP contribution in [0.5, 0.6) is 0 Å². The second-order valence-electron chi connectivity index (χ2n) is 5.30. The van der Waals surface area contributed by atoms with Gasteiger partial charge in [-0.25, -0.2) is 0 Å². The molecule has 1 heterocycles. The van der Waals surface area contributed by atoms with Crippen molar-refractivity contribution in [2.75, 3.05) is 5.32 Å². The van der Waals surface area contributed by atoms with Crippen LogP contribution in [0, 0.1) is 0 Å². The molecule has 0 bridgehead atoms. The largest absolute Gasteiger partial charge is 0.361 e. The van der Waals surface area contributed by atoms with Crippen molar-refractivity contribution in [2.24, 2.45) is 5.73 Å². The van der Waals surface area contributed by atoms with E-state index in [0.717, 1.165) is 22.2 Å². The molecule has 4 N–H and O–H groups in total. The van der Waals surface area contributed by atoms with Crippen molar-refractivity contribution in [3.05, 3.63) is 66.4 Å². The van der Waals surface area contributed by atoms with Crippen LogP contribution in [-0.2, 0) is 10.3 Å². The smallest absolute Gasteiger partial charge is 0.248 e. The Bertz CT molecular complexity index is 775. The Morgan fingerprint density at radius 2 is 1.90 bits per heavy atom. The first-order valence-electron chi connectivity index (χ1n) is 6.80. The number of carbonyl (C=O) groups is 1. The van der Waals surface area contributed by atoms with Crippen molar-refractivity contribution in [2.45, 2.75) is 12.5 Å². The molecular weight excluding hydrogens is 262 g/mol. The van der Waals surface area contributed by atoms with Gasteiger partial charge in [0.15, 0.2) is 0 Å². The average Bonchev–Trinajstić information content (AvgIpc) is 2.95. The molecule has 4 heteroatoms. The van der Waals surface area contributed by atoms with Crippen molar-refractivity contribution in [1.82, 2.24) is 4.98 Å². The van der Waals surface area contributed by atoms with Crippen LogP contribution in [0.2, 0.25) is 0 Å². The van der Waals surface area contributed by atoms with Gasteiger partial charge in [-0.2, -0.15) is 0 Å². The highest BCUT2D eigenvalue weighted by atomic mass is 16.2. The number of rotatable bonds is 3. The lowest BCUT2D eigenvalue weighted by Gasteiger charge is -2.24. The van der Waals surface area contributed by atoms with E-state index >= 15 is 0 Å². The van der Waals surface area contributed by atoms with Crippen LogP contribution >= 0.6 is 0 Å². The summed E-state index contributed by atoms with van der Waals surface area (Å²) in [6, 6.07) is 17.0. The lowest BCUT2D eigenvalue weighted by molar-refractivity contribution is -0.120. The lowest BCUT2D eigenvalue weighted by atomic mass is 9.92. The van der Waals surface area contributed by atoms with Crippen LogP contribution in [0.4, 0.5) is 5.69 Å². The quantitative estimate of drug-likeness (QED) is 0.689. The Balaban J connectivity index is 1.85. The number of benzene rings is 2. The summed E-state index contributed by atoms with van der Waals surface area (Å²) in [5.74, 6) is -0.233. The van der Waals surface area contributed by atoms with Crippen molar-refractivity contribution >= 4 is 22.5 Å².